The molecular formula is C14H19N7. The number of hydrogen-bond donors (Lipinski definition) is 2. The molecule has 3 aromatic heterocycles. The third kappa shape index (κ3) is 2.58. The zero-order chi connectivity index (χ0) is 15.0. The van der Waals surface area contributed by atoms with Gasteiger partial charge < -0.3 is 5.32 Å². The van der Waals surface area contributed by atoms with Gasteiger partial charge in [-0.1, -0.05) is 0 Å². The predicted molar refractivity (Wildman–Crippen MR) is 80.4 cm³/mol. The van der Waals surface area contributed by atoms with Gasteiger partial charge in [0.05, 0.1) is 5.69 Å². The summed E-state index contributed by atoms with van der Waals surface area (Å²) < 4.78 is 1.74. The Morgan fingerprint density at radius 2 is 2.14 bits per heavy atom. The molecule has 0 bridgehead atoms. The van der Waals surface area contributed by atoms with Crippen molar-refractivity contribution in [3.63, 3.8) is 0 Å². The largest absolute Gasteiger partial charge is 0.367 e. The highest BCUT2D eigenvalue weighted by atomic mass is 15.4. The highest BCUT2D eigenvalue weighted by Gasteiger charge is 2.14. The van der Waals surface area contributed by atoms with E-state index in [0.717, 1.165) is 34.9 Å². The van der Waals surface area contributed by atoms with E-state index in [2.05, 4.69) is 43.6 Å². The Morgan fingerprint density at radius 1 is 1.33 bits per heavy atom. The molecule has 110 valence electrons. The van der Waals surface area contributed by atoms with Crippen LogP contribution in [-0.2, 0) is 6.42 Å². The van der Waals surface area contributed by atoms with Gasteiger partial charge in [-0.2, -0.15) is 19.7 Å². The number of nitrogens with zero attached hydrogens (tertiary/aromatic N) is 5. The number of anilines is 1. The van der Waals surface area contributed by atoms with Crippen LogP contribution in [0.15, 0.2) is 12.4 Å². The van der Waals surface area contributed by atoms with Crippen LogP contribution in [0.25, 0.3) is 5.78 Å². The molecule has 3 rings (SSSR count). The first-order chi connectivity index (χ1) is 10.0. The highest BCUT2D eigenvalue weighted by Crippen LogP contribution is 2.19. The number of aromatic nitrogens is 6. The van der Waals surface area contributed by atoms with Crippen LogP contribution in [0.2, 0.25) is 0 Å². The molecule has 0 aliphatic heterocycles. The van der Waals surface area contributed by atoms with E-state index >= 15 is 0 Å². The van der Waals surface area contributed by atoms with Crippen LogP contribution in [0.3, 0.4) is 0 Å². The Balaban J connectivity index is 1.87. The maximum Gasteiger partial charge on any atom is 0.254 e. The van der Waals surface area contributed by atoms with Crippen LogP contribution >= 0.6 is 0 Å². The average Bonchev–Trinajstić information content (AvgIpc) is 3.04. The van der Waals surface area contributed by atoms with Crippen molar-refractivity contribution in [3.05, 3.63) is 35.0 Å². The molecular weight excluding hydrogens is 266 g/mol. The van der Waals surface area contributed by atoms with Crippen LogP contribution in [-0.4, -0.2) is 35.8 Å². The van der Waals surface area contributed by atoms with Crippen molar-refractivity contribution in [2.45, 2.75) is 40.2 Å². The molecule has 0 spiro atoms. The maximum absolute atomic E-state index is 4.42. The second-order valence-corrected chi connectivity index (χ2v) is 5.43. The van der Waals surface area contributed by atoms with Crippen LogP contribution < -0.4 is 5.32 Å². The van der Waals surface area contributed by atoms with E-state index in [1.807, 2.05) is 20.8 Å². The summed E-state index contributed by atoms with van der Waals surface area (Å²) in [7, 11) is 0. The van der Waals surface area contributed by atoms with Crippen molar-refractivity contribution in [1.29, 1.82) is 0 Å². The molecule has 21 heavy (non-hydrogen) atoms. The number of aryl methyl sites for hydroxylation is 2. The van der Waals surface area contributed by atoms with E-state index in [4.69, 9.17) is 0 Å². The van der Waals surface area contributed by atoms with E-state index < -0.39 is 0 Å². The van der Waals surface area contributed by atoms with Crippen molar-refractivity contribution in [3.8, 4) is 0 Å². The number of H-pyrrole nitrogens is 1. The van der Waals surface area contributed by atoms with Gasteiger partial charge in [-0.3, -0.25) is 5.10 Å². The fourth-order valence-electron chi connectivity index (χ4n) is 2.38. The maximum atomic E-state index is 4.42. The minimum absolute atomic E-state index is 0.223. The van der Waals surface area contributed by atoms with Gasteiger partial charge in [-0.05, 0) is 33.8 Å². The van der Waals surface area contributed by atoms with Gasteiger partial charge >= 0.3 is 0 Å². The molecule has 0 amide bonds. The van der Waals surface area contributed by atoms with Gasteiger partial charge in [-0.15, -0.1) is 0 Å². The van der Waals surface area contributed by atoms with E-state index in [-0.39, 0.29) is 6.04 Å². The third-order valence-corrected chi connectivity index (χ3v) is 3.56. The zero-order valence-electron chi connectivity index (χ0n) is 12.7. The number of aromatic amines is 1. The number of fused-ring (bicyclic) bond motifs is 1. The average molecular weight is 285 g/mol. The molecule has 0 saturated carbocycles. The summed E-state index contributed by atoms with van der Waals surface area (Å²) in [5.41, 5.74) is 4.16. The first-order valence-electron chi connectivity index (χ1n) is 6.99. The summed E-state index contributed by atoms with van der Waals surface area (Å²) in [4.78, 5) is 8.58. The first kappa shape index (κ1) is 13.5. The molecule has 0 radical (unpaired) electrons. The van der Waals surface area contributed by atoms with Gasteiger partial charge in [0.25, 0.3) is 5.78 Å². The molecule has 7 heteroatoms. The summed E-state index contributed by atoms with van der Waals surface area (Å²) >= 11 is 0. The quantitative estimate of drug-likeness (QED) is 0.764. The van der Waals surface area contributed by atoms with Crippen LogP contribution in [0.5, 0.6) is 0 Å². The van der Waals surface area contributed by atoms with Gasteiger partial charge in [0.2, 0.25) is 0 Å². The van der Waals surface area contributed by atoms with Gasteiger partial charge in [0, 0.05) is 29.4 Å². The van der Waals surface area contributed by atoms with Crippen molar-refractivity contribution < 1.29 is 0 Å². The lowest BCUT2D eigenvalue weighted by atomic mass is 10.1. The smallest absolute Gasteiger partial charge is 0.254 e. The third-order valence-electron chi connectivity index (χ3n) is 3.56. The molecule has 0 fully saturated rings. The molecule has 1 atom stereocenters. The molecule has 1 unspecified atom stereocenters. The summed E-state index contributed by atoms with van der Waals surface area (Å²) in [6.45, 7) is 8.15. The summed E-state index contributed by atoms with van der Waals surface area (Å²) in [5.74, 6) is 1.55. The Morgan fingerprint density at radius 3 is 2.86 bits per heavy atom. The van der Waals surface area contributed by atoms with Gasteiger partial charge in [-0.25, -0.2) is 4.98 Å². The van der Waals surface area contributed by atoms with Crippen LogP contribution in [0, 0.1) is 20.8 Å². The van der Waals surface area contributed by atoms with E-state index in [1.54, 1.807) is 4.52 Å². The molecule has 0 aliphatic carbocycles. The van der Waals surface area contributed by atoms with Crippen molar-refractivity contribution in [2.75, 3.05) is 5.32 Å². The SMILES string of the molecule is Cc1cc(CC(C)Nc2c(C)c(C)nc3ncnn23)n[nH]1. The van der Waals surface area contributed by atoms with Crippen LogP contribution in [0.4, 0.5) is 5.82 Å². The Hall–Kier alpha value is -2.44. The normalized spacial score (nSPS) is 12.8. The molecule has 0 saturated heterocycles. The lowest BCUT2D eigenvalue weighted by Crippen LogP contribution is -2.22. The number of nitrogens with one attached hydrogen (secondary N) is 2. The lowest BCUT2D eigenvalue weighted by Gasteiger charge is -2.17. The number of rotatable bonds is 4. The Labute approximate surface area is 122 Å². The molecule has 0 aromatic carbocycles. The minimum Gasteiger partial charge on any atom is -0.367 e. The summed E-state index contributed by atoms with van der Waals surface area (Å²) in [6, 6.07) is 2.29. The van der Waals surface area contributed by atoms with Gasteiger partial charge in [0.1, 0.15) is 12.1 Å². The van der Waals surface area contributed by atoms with Crippen molar-refractivity contribution in [1.82, 2.24) is 29.8 Å². The fourth-order valence-corrected chi connectivity index (χ4v) is 2.38. The summed E-state index contributed by atoms with van der Waals surface area (Å²) in [5, 5.41) is 15.0. The summed E-state index contributed by atoms with van der Waals surface area (Å²) in [6.07, 6.45) is 2.36. The first-order valence-corrected chi connectivity index (χ1v) is 6.99. The standard InChI is InChI=1S/C14H19N7/c1-8(5-12-6-9(2)19-20-12)17-13-10(3)11(4)18-14-15-7-16-21(13)14/h6-8,17H,5H2,1-4H3,(H,19,20). The molecule has 3 aromatic rings. The minimum atomic E-state index is 0.223. The molecule has 7 nitrogen and oxygen atoms in total. The van der Waals surface area contributed by atoms with Crippen molar-refractivity contribution in [2.24, 2.45) is 0 Å². The van der Waals surface area contributed by atoms with Crippen molar-refractivity contribution >= 4 is 11.6 Å². The predicted octanol–water partition coefficient (Wildman–Crippen LogP) is 1.82. The zero-order valence-corrected chi connectivity index (χ0v) is 12.7. The van der Waals surface area contributed by atoms with E-state index in [1.165, 1.54) is 6.33 Å². The molecule has 0 aliphatic rings. The van der Waals surface area contributed by atoms with E-state index in [9.17, 15) is 0 Å². The molecule has 2 N–H and O–H groups in total. The second-order valence-electron chi connectivity index (χ2n) is 5.43. The molecule has 3 heterocycles. The van der Waals surface area contributed by atoms with Crippen LogP contribution in [0.1, 0.15) is 29.6 Å². The van der Waals surface area contributed by atoms with Gasteiger partial charge in [0.15, 0.2) is 0 Å². The Bertz CT molecular complexity index is 771. The Kier molecular flexibility index (Phi) is 3.32. The topological polar surface area (TPSA) is 83.8 Å². The van der Waals surface area contributed by atoms with E-state index in [0.29, 0.717) is 5.78 Å². The highest BCUT2D eigenvalue weighted by molar-refractivity contribution is 5.52. The number of hydrogen-bond acceptors (Lipinski definition) is 5. The fraction of sp³-hybridized carbons (Fsp3) is 0.429. The lowest BCUT2D eigenvalue weighted by molar-refractivity contribution is 0.747. The monoisotopic (exact) mass is 285 g/mol. The second kappa shape index (κ2) is 5.16.